The Labute approximate surface area is 133 Å². The van der Waals surface area contributed by atoms with E-state index < -0.39 is 11.8 Å². The predicted octanol–water partition coefficient (Wildman–Crippen LogP) is 3.25. The van der Waals surface area contributed by atoms with Crippen LogP contribution in [-0.2, 0) is 4.74 Å². The summed E-state index contributed by atoms with van der Waals surface area (Å²) in [7, 11) is 1.39. The van der Waals surface area contributed by atoms with Crippen molar-refractivity contribution in [1.29, 1.82) is 5.26 Å². The average molecular weight is 314 g/mol. The Morgan fingerprint density at radius 3 is 2.52 bits per heavy atom. The Kier molecular flexibility index (Phi) is 4.91. The quantitative estimate of drug-likeness (QED) is 0.810. The molecule has 0 radical (unpaired) electrons. The molecule has 23 heavy (non-hydrogen) atoms. The number of nitriles is 1. The fraction of sp³-hybridized carbons (Fsp3) is 0.235. The summed E-state index contributed by atoms with van der Waals surface area (Å²) < 4.78 is 23.4. The maximum absolute atomic E-state index is 13.2. The highest BCUT2D eigenvalue weighted by Crippen LogP contribution is 2.34. The highest BCUT2D eigenvalue weighted by Gasteiger charge is 2.25. The summed E-state index contributed by atoms with van der Waals surface area (Å²) in [4.78, 5) is 16.5. The van der Waals surface area contributed by atoms with Crippen LogP contribution < -0.4 is 4.74 Å². The van der Waals surface area contributed by atoms with Crippen molar-refractivity contribution in [3.05, 3.63) is 46.9 Å². The number of hydrogen-bond donors (Lipinski definition) is 0. The molecule has 1 aromatic carbocycles. The number of hydrogen-bond acceptors (Lipinski definition) is 5. The summed E-state index contributed by atoms with van der Waals surface area (Å²) in [5, 5.41) is 9.48. The van der Waals surface area contributed by atoms with E-state index in [1.807, 2.05) is 6.07 Å². The number of ether oxygens (including phenoxy) is 2. The molecule has 0 fully saturated rings. The molecule has 1 heterocycles. The first kappa shape index (κ1) is 16.4. The number of nitrogens with zero attached hydrogens (tertiary/aromatic N) is 2. The molecule has 0 amide bonds. The summed E-state index contributed by atoms with van der Waals surface area (Å²) in [5.74, 6) is -0.893. The lowest BCUT2D eigenvalue weighted by atomic mass is 9.94. The van der Waals surface area contributed by atoms with Gasteiger partial charge in [0, 0.05) is 5.56 Å². The molecule has 5 nitrogen and oxygen atoms in total. The number of carbonyl (C=O) groups is 1. The first-order valence-corrected chi connectivity index (χ1v) is 6.95. The van der Waals surface area contributed by atoms with Gasteiger partial charge in [-0.1, -0.05) is 12.1 Å². The molecular weight excluding hydrogens is 299 g/mol. The zero-order valence-corrected chi connectivity index (χ0v) is 13.0. The summed E-state index contributed by atoms with van der Waals surface area (Å²) >= 11 is 0. The van der Waals surface area contributed by atoms with Gasteiger partial charge in [-0.25, -0.2) is 14.2 Å². The van der Waals surface area contributed by atoms with Gasteiger partial charge in [-0.2, -0.15) is 5.26 Å². The Balaban J connectivity index is 2.83. The van der Waals surface area contributed by atoms with Crippen LogP contribution in [0.25, 0.3) is 11.1 Å². The molecule has 0 aliphatic rings. The summed E-state index contributed by atoms with van der Waals surface area (Å²) in [6, 6.07) is 7.51. The fourth-order valence-corrected chi connectivity index (χ4v) is 2.29. The monoisotopic (exact) mass is 314 g/mol. The van der Waals surface area contributed by atoms with Crippen LogP contribution in [0.2, 0.25) is 0 Å². The Morgan fingerprint density at radius 1 is 1.35 bits per heavy atom. The Bertz CT molecular complexity index is 780. The molecule has 0 unspecified atom stereocenters. The van der Waals surface area contributed by atoms with Crippen LogP contribution in [0.4, 0.5) is 4.39 Å². The Morgan fingerprint density at radius 2 is 2.00 bits per heavy atom. The number of pyridine rings is 1. The largest absolute Gasteiger partial charge is 0.480 e. The minimum absolute atomic E-state index is 0.104. The van der Waals surface area contributed by atoms with Crippen LogP contribution in [0.3, 0.4) is 0 Å². The van der Waals surface area contributed by atoms with Crippen LogP contribution in [-0.4, -0.2) is 24.7 Å². The van der Waals surface area contributed by atoms with Gasteiger partial charge in [-0.15, -0.1) is 0 Å². The van der Waals surface area contributed by atoms with E-state index in [4.69, 9.17) is 9.47 Å². The van der Waals surface area contributed by atoms with Crippen molar-refractivity contribution in [3.8, 4) is 23.1 Å². The molecule has 6 heteroatoms. The van der Waals surface area contributed by atoms with E-state index in [-0.39, 0.29) is 23.6 Å². The maximum atomic E-state index is 13.2. The topological polar surface area (TPSA) is 72.2 Å². The summed E-state index contributed by atoms with van der Waals surface area (Å²) in [5.41, 5.74) is 1.49. The van der Waals surface area contributed by atoms with Crippen molar-refractivity contribution in [2.45, 2.75) is 13.8 Å². The fourth-order valence-electron chi connectivity index (χ4n) is 2.29. The molecular formula is C17H15FN2O3. The summed E-state index contributed by atoms with van der Waals surface area (Å²) in [6.45, 7) is 3.50. The number of aromatic nitrogens is 1. The number of methoxy groups -OCH3 is 1. The lowest BCUT2D eigenvalue weighted by Gasteiger charge is -2.15. The first-order valence-electron chi connectivity index (χ1n) is 6.95. The molecule has 118 valence electrons. The third-order valence-corrected chi connectivity index (χ3v) is 3.26. The summed E-state index contributed by atoms with van der Waals surface area (Å²) in [6.07, 6.45) is 0. The van der Waals surface area contributed by atoms with Crippen molar-refractivity contribution in [1.82, 2.24) is 4.98 Å². The lowest BCUT2D eigenvalue weighted by molar-refractivity contribution is 0.0525. The number of halogens is 1. The molecule has 2 aromatic rings. The van der Waals surface area contributed by atoms with Crippen molar-refractivity contribution in [2.75, 3.05) is 13.7 Å². The minimum Gasteiger partial charge on any atom is -0.480 e. The number of esters is 1. The number of aryl methyl sites for hydroxylation is 1. The van der Waals surface area contributed by atoms with E-state index >= 15 is 0 Å². The smallest absolute Gasteiger partial charge is 0.340 e. The van der Waals surface area contributed by atoms with Gasteiger partial charge < -0.3 is 9.47 Å². The first-order chi connectivity index (χ1) is 11.0. The van der Waals surface area contributed by atoms with E-state index in [1.54, 1.807) is 13.8 Å². The van der Waals surface area contributed by atoms with Crippen molar-refractivity contribution in [3.63, 3.8) is 0 Å². The van der Waals surface area contributed by atoms with Crippen LogP contribution in [0.1, 0.15) is 28.5 Å². The molecule has 0 aliphatic heterocycles. The Hall–Kier alpha value is -2.94. The third-order valence-electron chi connectivity index (χ3n) is 3.26. The zero-order valence-electron chi connectivity index (χ0n) is 13.0. The molecule has 0 saturated heterocycles. The standard InChI is InChI=1S/C17H15FN2O3/c1-4-23-17(21)14-10(2)20-16(22-3)13(9-19)15(14)11-5-7-12(18)8-6-11/h5-8H,4H2,1-3H3. The number of benzene rings is 1. The van der Waals surface area contributed by atoms with Gasteiger partial charge in [0.25, 0.3) is 0 Å². The molecule has 0 aliphatic carbocycles. The average Bonchev–Trinajstić information content (AvgIpc) is 2.54. The van der Waals surface area contributed by atoms with Gasteiger partial charge in [-0.3, -0.25) is 0 Å². The van der Waals surface area contributed by atoms with Crippen molar-refractivity contribution in [2.24, 2.45) is 0 Å². The van der Waals surface area contributed by atoms with Crippen molar-refractivity contribution < 1.29 is 18.7 Å². The minimum atomic E-state index is -0.587. The second kappa shape index (κ2) is 6.88. The molecule has 0 N–H and O–H groups in total. The van der Waals surface area contributed by atoms with Gasteiger partial charge in [0.2, 0.25) is 5.88 Å². The number of carbonyl (C=O) groups excluding carboxylic acids is 1. The van der Waals surface area contributed by atoms with Crippen molar-refractivity contribution >= 4 is 5.97 Å². The lowest BCUT2D eigenvalue weighted by Crippen LogP contribution is -2.12. The van der Waals surface area contributed by atoms with Crippen LogP contribution in [0.15, 0.2) is 24.3 Å². The van der Waals surface area contributed by atoms with E-state index in [0.717, 1.165) is 0 Å². The molecule has 0 spiro atoms. The van der Waals surface area contributed by atoms with Crippen LogP contribution >= 0.6 is 0 Å². The highest BCUT2D eigenvalue weighted by atomic mass is 19.1. The predicted molar refractivity (Wildman–Crippen MR) is 81.6 cm³/mol. The van der Waals surface area contributed by atoms with E-state index in [0.29, 0.717) is 16.8 Å². The number of rotatable bonds is 4. The second-order valence-electron chi connectivity index (χ2n) is 4.67. The van der Waals surface area contributed by atoms with E-state index in [1.165, 1.54) is 31.4 Å². The molecule has 2 rings (SSSR count). The van der Waals surface area contributed by atoms with Gasteiger partial charge in [0.1, 0.15) is 17.4 Å². The van der Waals surface area contributed by atoms with Crippen LogP contribution in [0, 0.1) is 24.1 Å². The van der Waals surface area contributed by atoms with Gasteiger partial charge >= 0.3 is 5.97 Å². The highest BCUT2D eigenvalue weighted by molar-refractivity contribution is 6.00. The maximum Gasteiger partial charge on any atom is 0.340 e. The SMILES string of the molecule is CCOC(=O)c1c(C)nc(OC)c(C#N)c1-c1ccc(F)cc1. The van der Waals surface area contributed by atoms with E-state index in [2.05, 4.69) is 4.98 Å². The molecule has 0 saturated carbocycles. The van der Waals surface area contributed by atoms with Gasteiger partial charge in [0.15, 0.2) is 0 Å². The van der Waals surface area contributed by atoms with Gasteiger partial charge in [0.05, 0.1) is 25.0 Å². The van der Waals surface area contributed by atoms with E-state index in [9.17, 15) is 14.4 Å². The second-order valence-corrected chi connectivity index (χ2v) is 4.67. The third kappa shape index (κ3) is 3.14. The zero-order chi connectivity index (χ0) is 17.0. The molecule has 0 bridgehead atoms. The van der Waals surface area contributed by atoms with Crippen LogP contribution in [0.5, 0.6) is 5.88 Å². The molecule has 1 aromatic heterocycles. The molecule has 0 atom stereocenters. The van der Waals surface area contributed by atoms with Gasteiger partial charge in [-0.05, 0) is 31.5 Å². The normalized spacial score (nSPS) is 10.0.